The van der Waals surface area contributed by atoms with Crippen molar-refractivity contribution in [1.82, 2.24) is 15.1 Å². The monoisotopic (exact) mass is 403 g/mol. The van der Waals surface area contributed by atoms with Gasteiger partial charge in [0, 0.05) is 26.1 Å². The van der Waals surface area contributed by atoms with Gasteiger partial charge in [-0.25, -0.2) is 4.39 Å². The zero-order chi connectivity index (χ0) is 20.6. The van der Waals surface area contributed by atoms with Crippen LogP contribution in [0.4, 0.5) is 4.39 Å². The van der Waals surface area contributed by atoms with E-state index in [1.807, 2.05) is 4.90 Å². The molecule has 1 aromatic rings. The normalized spacial score (nSPS) is 22.0. The van der Waals surface area contributed by atoms with Crippen LogP contribution in [0.3, 0.4) is 0 Å². The summed E-state index contributed by atoms with van der Waals surface area (Å²) in [5, 5.41) is 2.87. The molecule has 2 heterocycles. The Morgan fingerprint density at radius 3 is 2.34 bits per heavy atom. The highest BCUT2D eigenvalue weighted by atomic mass is 19.1. The molecule has 2 amide bonds. The van der Waals surface area contributed by atoms with Crippen molar-refractivity contribution >= 4 is 11.8 Å². The lowest BCUT2D eigenvalue weighted by molar-refractivity contribution is -0.136. The maximum Gasteiger partial charge on any atom is 0.225 e. The van der Waals surface area contributed by atoms with Gasteiger partial charge in [0.2, 0.25) is 11.8 Å². The first-order valence-electron chi connectivity index (χ1n) is 11.1. The van der Waals surface area contributed by atoms with Gasteiger partial charge in [-0.05, 0) is 62.9 Å². The van der Waals surface area contributed by atoms with E-state index in [0.717, 1.165) is 51.0 Å². The molecule has 0 bridgehead atoms. The van der Waals surface area contributed by atoms with Crippen LogP contribution in [-0.2, 0) is 9.59 Å². The molecule has 160 valence electrons. The summed E-state index contributed by atoms with van der Waals surface area (Å²) in [5.74, 6) is -0.435. The van der Waals surface area contributed by atoms with E-state index < -0.39 is 6.04 Å². The highest BCUT2D eigenvalue weighted by molar-refractivity contribution is 5.79. The number of rotatable bonds is 6. The Kier molecular flexibility index (Phi) is 8.04. The van der Waals surface area contributed by atoms with Crippen LogP contribution in [0, 0.1) is 5.82 Å². The Labute approximate surface area is 173 Å². The number of nitrogens with one attached hydrogen (secondary N) is 1. The number of amides is 2. The van der Waals surface area contributed by atoms with Crippen molar-refractivity contribution < 1.29 is 14.0 Å². The average Bonchev–Trinajstić information content (AvgIpc) is 2.97. The van der Waals surface area contributed by atoms with Gasteiger partial charge < -0.3 is 15.1 Å². The van der Waals surface area contributed by atoms with Gasteiger partial charge in [-0.3, -0.25) is 9.59 Å². The first-order valence-corrected chi connectivity index (χ1v) is 11.1. The predicted molar refractivity (Wildman–Crippen MR) is 112 cm³/mol. The molecule has 0 radical (unpaired) electrons. The van der Waals surface area contributed by atoms with Gasteiger partial charge in [-0.15, -0.1) is 0 Å². The maximum atomic E-state index is 13.3. The summed E-state index contributed by atoms with van der Waals surface area (Å²) < 4.78 is 13.3. The number of piperidine rings is 1. The molecule has 2 fully saturated rings. The Bertz CT molecular complexity index is 671. The second-order valence-electron chi connectivity index (χ2n) is 8.46. The van der Waals surface area contributed by atoms with Crippen molar-refractivity contribution in [3.8, 4) is 0 Å². The largest absolute Gasteiger partial charge is 0.349 e. The number of hydrogen-bond acceptors (Lipinski definition) is 3. The third-order valence-corrected chi connectivity index (χ3v) is 6.14. The van der Waals surface area contributed by atoms with Crippen LogP contribution in [0.15, 0.2) is 24.3 Å². The molecule has 2 aliphatic heterocycles. The molecule has 0 aliphatic carbocycles. The highest BCUT2D eigenvalue weighted by Crippen LogP contribution is 2.24. The first-order chi connectivity index (χ1) is 14.0. The molecule has 0 unspecified atom stereocenters. The number of carbonyl (C=O) groups is 2. The molecule has 1 aromatic carbocycles. The quantitative estimate of drug-likeness (QED) is 0.789. The predicted octanol–water partition coefficient (Wildman–Crippen LogP) is 3.65. The summed E-state index contributed by atoms with van der Waals surface area (Å²) >= 11 is 0. The fourth-order valence-electron chi connectivity index (χ4n) is 4.62. The smallest absolute Gasteiger partial charge is 0.225 e. The minimum Gasteiger partial charge on any atom is -0.349 e. The lowest BCUT2D eigenvalue weighted by Crippen LogP contribution is -2.50. The maximum absolute atomic E-state index is 13.3. The van der Waals surface area contributed by atoms with E-state index in [-0.39, 0.29) is 30.1 Å². The van der Waals surface area contributed by atoms with Crippen molar-refractivity contribution in [1.29, 1.82) is 0 Å². The van der Waals surface area contributed by atoms with Gasteiger partial charge in [-0.2, -0.15) is 0 Å². The third-order valence-electron chi connectivity index (χ3n) is 6.14. The van der Waals surface area contributed by atoms with Crippen LogP contribution in [0.5, 0.6) is 0 Å². The molecule has 29 heavy (non-hydrogen) atoms. The fraction of sp³-hybridized carbons (Fsp3) is 0.652. The number of halogens is 1. The van der Waals surface area contributed by atoms with E-state index in [1.165, 1.54) is 44.7 Å². The minimum atomic E-state index is -0.429. The number of hydrogen-bond donors (Lipinski definition) is 1. The number of carbonyl (C=O) groups excluding carboxylic acids is 2. The second kappa shape index (κ2) is 10.7. The summed E-state index contributed by atoms with van der Waals surface area (Å²) in [7, 11) is 0. The van der Waals surface area contributed by atoms with Crippen molar-refractivity contribution in [3.05, 3.63) is 35.6 Å². The Balaban J connectivity index is 1.67. The lowest BCUT2D eigenvalue weighted by atomic mass is 9.98. The minimum absolute atomic E-state index is 0.0765. The number of nitrogens with zero attached hydrogens (tertiary/aromatic N) is 2. The zero-order valence-corrected chi connectivity index (χ0v) is 17.5. The van der Waals surface area contributed by atoms with Gasteiger partial charge in [-0.1, -0.05) is 25.0 Å². The first kappa shape index (κ1) is 21.8. The van der Waals surface area contributed by atoms with E-state index in [1.54, 1.807) is 12.1 Å². The number of benzene rings is 1. The highest BCUT2D eigenvalue weighted by Gasteiger charge is 2.30. The number of likely N-dealkylation sites (tertiary alicyclic amines) is 2. The molecule has 2 saturated heterocycles. The van der Waals surface area contributed by atoms with E-state index in [2.05, 4.69) is 10.2 Å². The van der Waals surface area contributed by atoms with Crippen LogP contribution >= 0.6 is 0 Å². The van der Waals surface area contributed by atoms with Crippen molar-refractivity contribution in [2.75, 3.05) is 26.2 Å². The molecule has 3 rings (SSSR count). The molecule has 1 N–H and O–H groups in total. The Hall–Kier alpha value is -1.95. The molecule has 0 spiro atoms. The van der Waals surface area contributed by atoms with Gasteiger partial charge in [0.1, 0.15) is 5.82 Å². The van der Waals surface area contributed by atoms with Crippen molar-refractivity contribution in [2.24, 2.45) is 0 Å². The van der Waals surface area contributed by atoms with Crippen LogP contribution in [0.25, 0.3) is 0 Å². The molecule has 2 atom stereocenters. The van der Waals surface area contributed by atoms with E-state index in [4.69, 9.17) is 0 Å². The topological polar surface area (TPSA) is 52.7 Å². The third kappa shape index (κ3) is 6.53. The molecule has 0 saturated carbocycles. The van der Waals surface area contributed by atoms with Crippen LogP contribution in [-0.4, -0.2) is 53.8 Å². The molecular weight excluding hydrogens is 369 g/mol. The van der Waals surface area contributed by atoms with Gasteiger partial charge in [0.25, 0.3) is 0 Å². The molecule has 2 aliphatic rings. The van der Waals surface area contributed by atoms with Crippen LogP contribution in [0.2, 0.25) is 0 Å². The fourth-order valence-corrected chi connectivity index (χ4v) is 4.62. The van der Waals surface area contributed by atoms with Gasteiger partial charge >= 0.3 is 0 Å². The molecular formula is C23H34FN3O2. The summed E-state index contributed by atoms with van der Waals surface area (Å²) in [6, 6.07) is 5.86. The van der Waals surface area contributed by atoms with E-state index in [9.17, 15) is 14.0 Å². The van der Waals surface area contributed by atoms with Gasteiger partial charge in [0.05, 0.1) is 12.5 Å². The summed E-state index contributed by atoms with van der Waals surface area (Å²) in [6.45, 7) is 5.44. The second-order valence-corrected chi connectivity index (χ2v) is 8.46. The van der Waals surface area contributed by atoms with E-state index in [0.29, 0.717) is 0 Å². The Morgan fingerprint density at radius 1 is 1.03 bits per heavy atom. The zero-order valence-electron chi connectivity index (χ0n) is 17.5. The molecule has 6 heteroatoms. The average molecular weight is 404 g/mol. The standard InChI is InChI=1S/C23H34FN3O2/c1-18(28)25-22(19-9-11-20(24)12-10-19)16-23(29)27-15-7-4-8-21(27)17-26-13-5-2-3-6-14-26/h9-12,21-22H,2-8,13-17H2,1H3,(H,25,28)/t21-,22-/m1/s1. The van der Waals surface area contributed by atoms with Crippen LogP contribution in [0.1, 0.15) is 69.9 Å². The lowest BCUT2D eigenvalue weighted by Gasteiger charge is -2.39. The SMILES string of the molecule is CC(=O)N[C@H](CC(=O)N1CCCC[C@@H]1CN1CCCCCC1)c1ccc(F)cc1. The Morgan fingerprint density at radius 2 is 1.69 bits per heavy atom. The molecule has 5 nitrogen and oxygen atoms in total. The van der Waals surface area contributed by atoms with Crippen molar-refractivity contribution in [3.63, 3.8) is 0 Å². The van der Waals surface area contributed by atoms with E-state index >= 15 is 0 Å². The summed E-state index contributed by atoms with van der Waals surface area (Å²) in [4.78, 5) is 29.5. The van der Waals surface area contributed by atoms with Crippen molar-refractivity contribution in [2.45, 2.75) is 70.4 Å². The van der Waals surface area contributed by atoms with Gasteiger partial charge in [0.15, 0.2) is 0 Å². The summed E-state index contributed by atoms with van der Waals surface area (Å²) in [5.41, 5.74) is 0.760. The van der Waals surface area contributed by atoms with Crippen LogP contribution < -0.4 is 5.32 Å². The summed E-state index contributed by atoms with van der Waals surface area (Å²) in [6.07, 6.45) is 8.55. The molecule has 0 aromatic heterocycles.